The van der Waals surface area contributed by atoms with Gasteiger partial charge >= 0.3 is 0 Å². The summed E-state index contributed by atoms with van der Waals surface area (Å²) in [5, 5.41) is 87.6. The molecule has 0 saturated carbocycles. The Hall–Kier alpha value is -1.53. The van der Waals surface area contributed by atoms with E-state index in [9.17, 15) is 45.6 Å². The number of ether oxygens (including phenoxy) is 4. The van der Waals surface area contributed by atoms with E-state index < -0.39 is 86.8 Å². The Labute approximate surface area is 558 Å². The second-order valence-electron chi connectivity index (χ2n) is 27.8. The summed E-state index contributed by atoms with van der Waals surface area (Å²) >= 11 is 0. The minimum Gasteiger partial charge on any atom is -0.394 e. The van der Waals surface area contributed by atoms with Crippen molar-refractivity contribution < 1.29 is 64.6 Å². The zero-order valence-corrected chi connectivity index (χ0v) is 58.9. The molecule has 14 heteroatoms. The van der Waals surface area contributed by atoms with Crippen LogP contribution in [0.1, 0.15) is 367 Å². The quantitative estimate of drug-likeness (QED) is 0.0204. The molecule has 0 bridgehead atoms. The van der Waals surface area contributed by atoms with E-state index in [0.29, 0.717) is 12.8 Å². The van der Waals surface area contributed by atoms with E-state index in [1.165, 1.54) is 302 Å². The third kappa shape index (κ3) is 45.6. The number of aliphatic hydroxyl groups excluding tert-OH is 8. The molecule has 14 nitrogen and oxygen atoms in total. The second-order valence-corrected chi connectivity index (χ2v) is 27.8. The number of aliphatic hydroxyl groups is 8. The molecule has 2 fully saturated rings. The highest BCUT2D eigenvalue weighted by atomic mass is 16.7. The summed E-state index contributed by atoms with van der Waals surface area (Å²) in [7, 11) is 0. The fourth-order valence-electron chi connectivity index (χ4n) is 13.2. The Morgan fingerprint density at radius 2 is 0.703 bits per heavy atom. The molecule has 0 aromatic heterocycles. The molecule has 0 aliphatic carbocycles. The number of carbonyl (C=O) groups is 1. The van der Waals surface area contributed by atoms with Gasteiger partial charge in [0.1, 0.15) is 48.8 Å². The number of unbranched alkanes of at least 4 members (excludes halogenated alkanes) is 51. The topological polar surface area (TPSA) is 228 Å². The summed E-state index contributed by atoms with van der Waals surface area (Å²) in [6.45, 7) is 2.85. The SMILES string of the molecule is CCCCCCCCCCCCCCCCCCCCCCCCCCCC/C=C/CC/C=C/C(O)C(COC1OC(CO)C(OC2OC(CO)C(O)C(O)C2O)C(O)C1O)NC(=O)CCCCCCCCCCCCCCCCCCCCCCCCCCC. The van der Waals surface area contributed by atoms with Gasteiger partial charge in [-0.2, -0.15) is 0 Å². The van der Waals surface area contributed by atoms with Crippen molar-refractivity contribution in [1.29, 1.82) is 0 Å². The summed E-state index contributed by atoms with van der Waals surface area (Å²) in [5.74, 6) is -0.240. The Morgan fingerprint density at radius 1 is 0.385 bits per heavy atom. The maximum atomic E-state index is 13.4. The van der Waals surface area contributed by atoms with Gasteiger partial charge in [0.15, 0.2) is 12.6 Å². The summed E-state index contributed by atoms with van der Waals surface area (Å²) in [6.07, 6.45) is 62.7. The predicted octanol–water partition coefficient (Wildman–Crippen LogP) is 17.1. The Bertz CT molecular complexity index is 1620. The van der Waals surface area contributed by atoms with Crippen LogP contribution in [-0.2, 0) is 23.7 Å². The van der Waals surface area contributed by atoms with Crippen molar-refractivity contribution >= 4 is 5.91 Å². The van der Waals surface area contributed by atoms with Gasteiger partial charge in [0.05, 0.1) is 32.0 Å². The zero-order chi connectivity index (χ0) is 65.9. The van der Waals surface area contributed by atoms with Crippen LogP contribution in [0, 0.1) is 0 Å². The van der Waals surface area contributed by atoms with Gasteiger partial charge in [0, 0.05) is 6.42 Å². The van der Waals surface area contributed by atoms with Gasteiger partial charge in [-0.3, -0.25) is 4.79 Å². The van der Waals surface area contributed by atoms with Crippen LogP contribution in [-0.4, -0.2) is 140 Å². The molecule has 12 unspecified atom stereocenters. The first-order valence-electron chi connectivity index (χ1n) is 39.1. The normalized spacial score (nSPS) is 22.8. The van der Waals surface area contributed by atoms with E-state index >= 15 is 0 Å². The van der Waals surface area contributed by atoms with Crippen LogP contribution in [0.4, 0.5) is 0 Å². The Morgan fingerprint density at radius 3 is 1.08 bits per heavy atom. The average molecular weight is 1300 g/mol. The largest absolute Gasteiger partial charge is 0.394 e. The zero-order valence-electron chi connectivity index (χ0n) is 58.9. The third-order valence-corrected chi connectivity index (χ3v) is 19.4. The van der Waals surface area contributed by atoms with Crippen molar-refractivity contribution in [2.45, 2.75) is 441 Å². The number of carbonyl (C=O) groups excluding carboxylic acids is 1. The fourth-order valence-corrected chi connectivity index (χ4v) is 13.2. The van der Waals surface area contributed by atoms with E-state index in [4.69, 9.17) is 18.9 Å². The van der Waals surface area contributed by atoms with Gasteiger partial charge in [0.25, 0.3) is 0 Å². The minimum absolute atomic E-state index is 0.240. The maximum Gasteiger partial charge on any atom is 0.220 e. The first kappa shape index (κ1) is 85.6. The number of allylic oxidation sites excluding steroid dienone is 3. The molecule has 0 aromatic carbocycles. The van der Waals surface area contributed by atoms with Gasteiger partial charge < -0.3 is 65.1 Å². The van der Waals surface area contributed by atoms with Crippen LogP contribution in [0.25, 0.3) is 0 Å². The van der Waals surface area contributed by atoms with E-state index in [1.807, 2.05) is 6.08 Å². The highest BCUT2D eigenvalue weighted by Crippen LogP contribution is 2.30. The molecule has 0 spiro atoms. The lowest BCUT2D eigenvalue weighted by Gasteiger charge is -2.46. The molecule has 2 saturated heterocycles. The van der Waals surface area contributed by atoms with Gasteiger partial charge in [-0.1, -0.05) is 353 Å². The first-order chi connectivity index (χ1) is 44.6. The van der Waals surface area contributed by atoms with Crippen molar-refractivity contribution in [1.82, 2.24) is 5.32 Å². The van der Waals surface area contributed by atoms with Gasteiger partial charge in [0.2, 0.25) is 5.91 Å². The highest BCUT2D eigenvalue weighted by molar-refractivity contribution is 5.76. The molecular formula is C77H147NO13. The van der Waals surface area contributed by atoms with Crippen molar-refractivity contribution in [3.8, 4) is 0 Å². The van der Waals surface area contributed by atoms with E-state index in [2.05, 4.69) is 31.3 Å². The van der Waals surface area contributed by atoms with E-state index in [0.717, 1.165) is 32.1 Å². The molecule has 2 rings (SSSR count). The standard InChI is InChI=1S/C77H147NO13/c1-3-5-7-9-11-13-15-17-19-21-23-25-27-29-30-31-32-33-34-35-37-38-40-42-44-46-48-50-52-54-56-58-60-66(81)65(64-88-76-74(87)72(85)75(68(63-80)90-76)91-77-73(86)71(84)70(83)67(62-79)89-77)78-69(82)61-59-57-55-53-51-49-47-45-43-41-39-36-28-26-24-22-20-18-16-14-12-10-8-6-4-2/h50,52,58,60,65-68,70-77,79-81,83-87H,3-49,51,53-57,59,61-64H2,1-2H3,(H,78,82)/b52-50+,60-58+. The van der Waals surface area contributed by atoms with Crippen LogP contribution in [0.2, 0.25) is 0 Å². The lowest BCUT2D eigenvalue weighted by atomic mass is 9.97. The lowest BCUT2D eigenvalue weighted by molar-refractivity contribution is -0.359. The lowest BCUT2D eigenvalue weighted by Crippen LogP contribution is -2.65. The van der Waals surface area contributed by atoms with Crippen LogP contribution in [0.3, 0.4) is 0 Å². The smallest absolute Gasteiger partial charge is 0.220 e. The minimum atomic E-state index is -1.79. The fraction of sp³-hybridized carbons (Fsp3) is 0.935. The molecule has 12 atom stereocenters. The van der Waals surface area contributed by atoms with Gasteiger partial charge in [-0.15, -0.1) is 0 Å². The van der Waals surface area contributed by atoms with E-state index in [1.54, 1.807) is 6.08 Å². The third-order valence-electron chi connectivity index (χ3n) is 19.4. The van der Waals surface area contributed by atoms with Crippen molar-refractivity contribution in [2.24, 2.45) is 0 Å². The first-order valence-corrected chi connectivity index (χ1v) is 39.1. The van der Waals surface area contributed by atoms with Crippen molar-refractivity contribution in [3.63, 3.8) is 0 Å². The molecule has 0 aromatic rings. The summed E-state index contributed by atoms with van der Waals surface area (Å²) in [6, 6.07) is -0.930. The van der Waals surface area contributed by atoms with Crippen LogP contribution in [0.15, 0.2) is 24.3 Å². The second kappa shape index (κ2) is 62.0. The molecule has 2 heterocycles. The highest BCUT2D eigenvalue weighted by Gasteiger charge is 2.51. The summed E-state index contributed by atoms with van der Waals surface area (Å²) < 4.78 is 22.9. The van der Waals surface area contributed by atoms with Crippen LogP contribution >= 0.6 is 0 Å². The molecule has 91 heavy (non-hydrogen) atoms. The molecular weight excluding hydrogens is 1150 g/mol. The monoisotopic (exact) mass is 1290 g/mol. The van der Waals surface area contributed by atoms with Crippen molar-refractivity contribution in [2.75, 3.05) is 19.8 Å². The summed E-state index contributed by atoms with van der Waals surface area (Å²) in [5.41, 5.74) is 0. The van der Waals surface area contributed by atoms with Crippen LogP contribution in [0.5, 0.6) is 0 Å². The predicted molar refractivity (Wildman–Crippen MR) is 374 cm³/mol. The number of rotatable bonds is 66. The van der Waals surface area contributed by atoms with Crippen molar-refractivity contribution in [3.05, 3.63) is 24.3 Å². The Kier molecular flexibility index (Phi) is 58.3. The summed E-state index contributed by atoms with van der Waals surface area (Å²) in [4.78, 5) is 13.4. The number of amides is 1. The molecule has 2 aliphatic heterocycles. The molecule has 9 N–H and O–H groups in total. The maximum absolute atomic E-state index is 13.4. The molecule has 2 aliphatic rings. The molecule has 538 valence electrons. The Balaban J connectivity index is 1.64. The number of hydrogen-bond acceptors (Lipinski definition) is 13. The molecule has 0 radical (unpaired) electrons. The number of hydrogen-bond donors (Lipinski definition) is 9. The van der Waals surface area contributed by atoms with Gasteiger partial charge in [-0.05, 0) is 32.1 Å². The van der Waals surface area contributed by atoms with E-state index in [-0.39, 0.29) is 18.9 Å². The van der Waals surface area contributed by atoms with Gasteiger partial charge in [-0.25, -0.2) is 0 Å². The average Bonchev–Trinajstić information content (AvgIpc) is 2.77. The van der Waals surface area contributed by atoms with Crippen LogP contribution < -0.4 is 5.32 Å². The number of nitrogens with one attached hydrogen (secondary N) is 1. The molecule has 1 amide bonds.